The van der Waals surface area contributed by atoms with E-state index in [1.54, 1.807) is 0 Å². The van der Waals surface area contributed by atoms with Crippen LogP contribution >= 0.6 is 0 Å². The smallest absolute Gasteiger partial charge is 0.342 e. The molecular weight excluding hydrogens is 277 g/mol. The van der Waals surface area contributed by atoms with E-state index >= 15 is 0 Å². The molecule has 0 aliphatic carbocycles. The lowest BCUT2D eigenvalue weighted by atomic mass is 10.2. The Morgan fingerprint density at radius 3 is 2.74 bits per heavy atom. The molecule has 9 heteroatoms. The van der Waals surface area contributed by atoms with Crippen LogP contribution in [-0.4, -0.2) is 36.6 Å². The number of rotatable bonds is 3. The summed E-state index contributed by atoms with van der Waals surface area (Å²) < 4.78 is 40.9. The monoisotopic (exact) mass is 285 g/mol. The molecule has 1 aliphatic rings. The molecule has 19 heavy (non-hydrogen) atoms. The maximum atomic E-state index is 12.7. The molecule has 0 saturated heterocycles. The van der Waals surface area contributed by atoms with E-state index in [9.17, 15) is 17.6 Å². The van der Waals surface area contributed by atoms with Gasteiger partial charge in [0.05, 0.1) is 17.6 Å². The fourth-order valence-electron chi connectivity index (χ4n) is 1.35. The minimum Gasteiger partial charge on any atom is -0.388 e. The molecule has 100 valence electrons. The second kappa shape index (κ2) is 4.86. The highest BCUT2D eigenvalue weighted by Gasteiger charge is 2.23. The molecule has 2 rings (SSSR count). The van der Waals surface area contributed by atoms with Gasteiger partial charge in [-0.05, 0) is 18.2 Å². The Labute approximate surface area is 107 Å². The summed E-state index contributed by atoms with van der Waals surface area (Å²) in [6.07, 6.45) is 2.02. The zero-order valence-electron chi connectivity index (χ0n) is 9.37. The fraction of sp³-hybridized carbons (Fsp3) is 0.100. The van der Waals surface area contributed by atoms with E-state index in [1.165, 1.54) is 6.07 Å². The van der Waals surface area contributed by atoms with Gasteiger partial charge in [0, 0.05) is 0 Å². The van der Waals surface area contributed by atoms with Crippen molar-refractivity contribution >= 4 is 21.7 Å². The topological polar surface area (TPSA) is 109 Å². The van der Waals surface area contributed by atoms with E-state index in [0.717, 1.165) is 18.3 Å². The van der Waals surface area contributed by atoms with Crippen molar-refractivity contribution in [3.8, 4) is 0 Å². The van der Waals surface area contributed by atoms with Gasteiger partial charge in [0.15, 0.2) is 0 Å². The minimum atomic E-state index is -4.09. The number of aliphatic hydroxyl groups is 1. The van der Waals surface area contributed by atoms with Crippen molar-refractivity contribution in [3.63, 3.8) is 0 Å². The van der Waals surface area contributed by atoms with Crippen molar-refractivity contribution < 1.29 is 22.7 Å². The summed E-state index contributed by atoms with van der Waals surface area (Å²) in [7, 11) is -4.09. The number of nitrogens with one attached hydrogen (secondary N) is 1. The number of hydrogen-bond donors (Lipinski definition) is 2. The molecule has 0 amide bonds. The van der Waals surface area contributed by atoms with Crippen LogP contribution in [0.5, 0.6) is 0 Å². The second-order valence-corrected chi connectivity index (χ2v) is 4.89. The molecule has 0 fully saturated rings. The molecule has 0 unspecified atom stereocenters. The third-order valence-corrected chi connectivity index (χ3v) is 3.09. The van der Waals surface area contributed by atoms with E-state index in [2.05, 4.69) is 9.38 Å². The van der Waals surface area contributed by atoms with Gasteiger partial charge in [-0.1, -0.05) is 0 Å². The molecule has 0 atom stereocenters. The van der Waals surface area contributed by atoms with Gasteiger partial charge in [0.25, 0.3) is 0 Å². The van der Waals surface area contributed by atoms with Crippen LogP contribution in [0.3, 0.4) is 0 Å². The predicted molar refractivity (Wildman–Crippen MR) is 63.0 cm³/mol. The lowest BCUT2D eigenvalue weighted by Crippen LogP contribution is -2.32. The minimum absolute atomic E-state index is 0.0923. The number of pyridine rings is 1. The summed E-state index contributed by atoms with van der Waals surface area (Å²) >= 11 is 0. The first-order valence-corrected chi connectivity index (χ1v) is 6.46. The molecule has 0 saturated carbocycles. The second-order valence-electron chi connectivity index (χ2n) is 3.55. The predicted octanol–water partition coefficient (Wildman–Crippen LogP) is -0.697. The van der Waals surface area contributed by atoms with Gasteiger partial charge in [-0.2, -0.15) is 8.42 Å². The molecule has 0 bridgehead atoms. The highest BCUT2D eigenvalue weighted by Crippen LogP contribution is 2.11. The van der Waals surface area contributed by atoms with Crippen LogP contribution in [-0.2, 0) is 15.0 Å². The number of aromatic nitrogens is 1. The van der Waals surface area contributed by atoms with Gasteiger partial charge >= 0.3 is 10.2 Å². The molecule has 0 spiro atoms. The van der Waals surface area contributed by atoms with Crippen LogP contribution < -0.4 is 4.72 Å². The quantitative estimate of drug-likeness (QED) is 0.763. The van der Waals surface area contributed by atoms with E-state index in [-0.39, 0.29) is 17.1 Å². The maximum absolute atomic E-state index is 12.7. The zero-order valence-corrected chi connectivity index (χ0v) is 10.2. The lowest BCUT2D eigenvalue weighted by molar-refractivity contribution is -0.118. The van der Waals surface area contributed by atoms with E-state index < -0.39 is 28.4 Å². The van der Waals surface area contributed by atoms with Crippen molar-refractivity contribution in [2.45, 2.75) is 0 Å². The SMILES string of the molecule is O=C(CO)C1=CC(c2ccc(F)cn2)=NS(=O)(=O)N1. The Kier molecular flexibility index (Phi) is 3.40. The first-order chi connectivity index (χ1) is 8.91. The number of nitrogens with zero attached hydrogens (tertiary/aromatic N) is 2. The van der Waals surface area contributed by atoms with Gasteiger partial charge in [-0.3, -0.25) is 14.5 Å². The molecular formula is C10H8FN3O4S. The van der Waals surface area contributed by atoms with Crippen LogP contribution in [0.15, 0.2) is 34.5 Å². The number of ketones is 1. The Morgan fingerprint density at radius 1 is 1.42 bits per heavy atom. The fourth-order valence-corrected chi connectivity index (χ4v) is 2.26. The van der Waals surface area contributed by atoms with Gasteiger partial charge in [0.2, 0.25) is 5.78 Å². The number of carbonyl (C=O) groups excluding carboxylic acids is 1. The standard InChI is InChI=1S/C10H8FN3O4S/c11-6-1-2-7(12-4-6)8-3-9(10(16)5-15)14-19(17,18)13-8/h1-4,14-15H,5H2. The molecule has 0 radical (unpaired) electrons. The lowest BCUT2D eigenvalue weighted by Gasteiger charge is -2.13. The van der Waals surface area contributed by atoms with Gasteiger partial charge in [-0.25, -0.2) is 4.39 Å². The van der Waals surface area contributed by atoms with Gasteiger partial charge < -0.3 is 5.11 Å². The van der Waals surface area contributed by atoms with Crippen molar-refractivity contribution in [2.75, 3.05) is 6.61 Å². The number of Topliss-reactive ketones (excluding diaryl/α,β-unsaturated/α-hetero) is 1. The highest BCUT2D eigenvalue weighted by molar-refractivity contribution is 7.88. The first-order valence-electron chi connectivity index (χ1n) is 5.02. The third-order valence-electron chi connectivity index (χ3n) is 2.17. The van der Waals surface area contributed by atoms with Gasteiger partial charge in [0.1, 0.15) is 18.1 Å². The van der Waals surface area contributed by atoms with Crippen LogP contribution in [0.2, 0.25) is 0 Å². The molecule has 0 aromatic carbocycles. The summed E-state index contributed by atoms with van der Waals surface area (Å²) in [4.78, 5) is 15.0. The van der Waals surface area contributed by atoms with E-state index in [1.807, 2.05) is 4.72 Å². The van der Waals surface area contributed by atoms with Crippen molar-refractivity contribution in [3.05, 3.63) is 41.6 Å². The summed E-state index contributed by atoms with van der Waals surface area (Å²) in [5.41, 5.74) is -0.344. The highest BCUT2D eigenvalue weighted by atomic mass is 32.2. The normalized spacial score (nSPS) is 17.2. The first kappa shape index (κ1) is 13.3. The Balaban J connectivity index is 2.48. The van der Waals surface area contributed by atoms with Crippen LogP contribution in [0.4, 0.5) is 4.39 Å². The molecule has 1 aromatic heterocycles. The third kappa shape index (κ3) is 3.01. The molecule has 2 heterocycles. The Bertz CT molecular complexity index is 679. The number of aliphatic hydroxyl groups excluding tert-OH is 1. The van der Waals surface area contributed by atoms with Crippen molar-refractivity contribution in [1.29, 1.82) is 0 Å². The number of halogens is 1. The number of carbonyl (C=O) groups is 1. The molecule has 7 nitrogen and oxygen atoms in total. The van der Waals surface area contributed by atoms with Crippen LogP contribution in [0.25, 0.3) is 0 Å². The van der Waals surface area contributed by atoms with Crippen LogP contribution in [0, 0.1) is 5.82 Å². The van der Waals surface area contributed by atoms with Gasteiger partial charge in [-0.15, -0.1) is 4.40 Å². The maximum Gasteiger partial charge on any atom is 0.342 e. The van der Waals surface area contributed by atoms with E-state index in [0.29, 0.717) is 0 Å². The number of allylic oxidation sites excluding steroid dienone is 1. The average molecular weight is 285 g/mol. The van der Waals surface area contributed by atoms with E-state index in [4.69, 9.17) is 5.11 Å². The molecule has 1 aromatic rings. The largest absolute Gasteiger partial charge is 0.388 e. The Hall–Kier alpha value is -2.13. The summed E-state index contributed by atoms with van der Waals surface area (Å²) in [6, 6.07) is 2.31. The Morgan fingerprint density at radius 2 is 2.16 bits per heavy atom. The summed E-state index contributed by atoms with van der Waals surface area (Å²) in [5.74, 6) is -1.39. The number of hydrogen-bond acceptors (Lipinski definition) is 5. The van der Waals surface area contributed by atoms with Crippen molar-refractivity contribution in [1.82, 2.24) is 9.71 Å². The van der Waals surface area contributed by atoms with Crippen molar-refractivity contribution in [2.24, 2.45) is 4.40 Å². The summed E-state index contributed by atoms with van der Waals surface area (Å²) in [5, 5.41) is 8.72. The molecule has 1 aliphatic heterocycles. The summed E-state index contributed by atoms with van der Waals surface area (Å²) in [6.45, 7) is -0.849. The average Bonchev–Trinajstić information content (AvgIpc) is 2.36. The molecule has 2 N–H and O–H groups in total. The zero-order chi connectivity index (χ0) is 14.0. The van der Waals surface area contributed by atoms with Crippen LogP contribution in [0.1, 0.15) is 5.69 Å².